The van der Waals surface area contributed by atoms with Crippen LogP contribution in [-0.4, -0.2) is 24.6 Å². The van der Waals surface area contributed by atoms with Gasteiger partial charge >= 0.3 is 0 Å². The van der Waals surface area contributed by atoms with Crippen LogP contribution in [0.1, 0.15) is 28.8 Å². The molecule has 0 aliphatic heterocycles. The number of ether oxygens (including phenoxy) is 2. The molecule has 0 heterocycles. The average Bonchev–Trinajstić information content (AvgIpc) is 2.56. The quantitative estimate of drug-likeness (QED) is 0.568. The van der Waals surface area contributed by atoms with Crippen molar-refractivity contribution in [3.05, 3.63) is 59.7 Å². The molecule has 0 amide bonds. The maximum Gasteiger partial charge on any atom is 0.161 e. The zero-order chi connectivity index (χ0) is 15.6. The molecule has 0 aromatic heterocycles. The molecule has 2 rings (SSSR count). The number of hydrogen-bond donors (Lipinski definition) is 1. The topological polar surface area (TPSA) is 55.8 Å². The van der Waals surface area contributed by atoms with E-state index in [1.807, 2.05) is 30.3 Å². The van der Waals surface area contributed by atoms with E-state index < -0.39 is 0 Å². The molecule has 0 fully saturated rings. The molecule has 0 atom stereocenters. The molecule has 0 spiro atoms. The molecule has 1 N–H and O–H groups in total. The van der Waals surface area contributed by atoms with E-state index in [4.69, 9.17) is 9.47 Å². The fourth-order valence-electron chi connectivity index (χ4n) is 1.97. The van der Waals surface area contributed by atoms with Crippen molar-refractivity contribution in [3.63, 3.8) is 0 Å². The molecule has 2 aromatic carbocycles. The molecule has 116 valence electrons. The van der Waals surface area contributed by atoms with E-state index in [-0.39, 0.29) is 5.75 Å². The summed E-state index contributed by atoms with van der Waals surface area (Å²) in [6.07, 6.45) is 2.42. The van der Waals surface area contributed by atoms with Crippen LogP contribution in [0.3, 0.4) is 0 Å². The number of aromatic hydroxyl groups is 1. The summed E-state index contributed by atoms with van der Waals surface area (Å²) in [6, 6.07) is 14.6. The average molecular weight is 300 g/mol. The molecule has 0 radical (unpaired) electrons. The van der Waals surface area contributed by atoms with Crippen molar-refractivity contribution in [2.45, 2.75) is 19.4 Å². The van der Waals surface area contributed by atoms with Gasteiger partial charge in [0, 0.05) is 12.2 Å². The van der Waals surface area contributed by atoms with Gasteiger partial charge in [0.1, 0.15) is 6.29 Å². The Morgan fingerprint density at radius 1 is 1.00 bits per heavy atom. The Morgan fingerprint density at radius 2 is 1.77 bits per heavy atom. The second kappa shape index (κ2) is 8.85. The largest absolute Gasteiger partial charge is 0.504 e. The molecular formula is C18H20O4. The van der Waals surface area contributed by atoms with Crippen molar-refractivity contribution in [2.75, 3.05) is 13.2 Å². The van der Waals surface area contributed by atoms with E-state index in [1.54, 1.807) is 6.07 Å². The molecule has 2 aromatic rings. The molecule has 0 bridgehead atoms. The van der Waals surface area contributed by atoms with Gasteiger partial charge in [-0.15, -0.1) is 0 Å². The third-order valence-corrected chi connectivity index (χ3v) is 3.17. The lowest BCUT2D eigenvalue weighted by Gasteiger charge is -2.09. The van der Waals surface area contributed by atoms with Gasteiger partial charge in [0.25, 0.3) is 0 Å². The minimum atomic E-state index is 0.0472. The number of aldehydes is 1. The summed E-state index contributed by atoms with van der Waals surface area (Å²) in [7, 11) is 0. The number of carbonyl (C=O) groups is 1. The van der Waals surface area contributed by atoms with Crippen LogP contribution in [0.2, 0.25) is 0 Å². The molecule has 0 saturated heterocycles. The van der Waals surface area contributed by atoms with Crippen molar-refractivity contribution in [1.29, 1.82) is 0 Å². The zero-order valence-electron chi connectivity index (χ0n) is 12.4. The van der Waals surface area contributed by atoms with Gasteiger partial charge < -0.3 is 14.6 Å². The monoisotopic (exact) mass is 300 g/mol. The number of carbonyl (C=O) groups excluding carboxylic acids is 1. The van der Waals surface area contributed by atoms with Crippen LogP contribution in [0.4, 0.5) is 0 Å². The van der Waals surface area contributed by atoms with Crippen molar-refractivity contribution in [3.8, 4) is 11.5 Å². The summed E-state index contributed by atoms with van der Waals surface area (Å²) in [4.78, 5) is 10.7. The minimum Gasteiger partial charge on any atom is -0.504 e. The summed E-state index contributed by atoms with van der Waals surface area (Å²) in [5, 5.41) is 9.63. The summed E-state index contributed by atoms with van der Waals surface area (Å²) in [5.41, 5.74) is 1.65. The SMILES string of the molecule is O=Cc1ccc(O)c(OCCCCOCc2ccccc2)c1. The molecule has 0 saturated carbocycles. The van der Waals surface area contributed by atoms with Gasteiger partial charge in [-0.05, 0) is 36.6 Å². The highest BCUT2D eigenvalue weighted by molar-refractivity contribution is 5.76. The van der Waals surface area contributed by atoms with Gasteiger partial charge in [-0.25, -0.2) is 0 Å². The number of rotatable bonds is 9. The first-order valence-corrected chi connectivity index (χ1v) is 7.32. The van der Waals surface area contributed by atoms with E-state index in [1.165, 1.54) is 12.1 Å². The maximum absolute atomic E-state index is 10.7. The van der Waals surface area contributed by atoms with Gasteiger partial charge in [0.05, 0.1) is 13.2 Å². The zero-order valence-corrected chi connectivity index (χ0v) is 12.4. The highest BCUT2D eigenvalue weighted by atomic mass is 16.5. The van der Waals surface area contributed by atoms with E-state index >= 15 is 0 Å². The minimum absolute atomic E-state index is 0.0472. The molecule has 0 aliphatic carbocycles. The first kappa shape index (κ1) is 16.0. The van der Waals surface area contributed by atoms with Crippen LogP contribution < -0.4 is 4.74 Å². The predicted octanol–water partition coefficient (Wildman–Crippen LogP) is 3.58. The number of hydrogen-bond acceptors (Lipinski definition) is 4. The van der Waals surface area contributed by atoms with Crippen molar-refractivity contribution in [2.24, 2.45) is 0 Å². The summed E-state index contributed by atoms with van der Waals surface area (Å²) in [6.45, 7) is 1.76. The summed E-state index contributed by atoms with van der Waals surface area (Å²) in [5.74, 6) is 0.390. The first-order valence-electron chi connectivity index (χ1n) is 7.32. The van der Waals surface area contributed by atoms with Crippen LogP contribution in [-0.2, 0) is 11.3 Å². The van der Waals surface area contributed by atoms with Gasteiger partial charge in [-0.3, -0.25) is 4.79 Å². The maximum atomic E-state index is 10.7. The van der Waals surface area contributed by atoms with E-state index in [2.05, 4.69) is 0 Å². The van der Waals surface area contributed by atoms with E-state index in [0.717, 1.165) is 24.7 Å². The standard InChI is InChI=1S/C18H20O4/c19-13-16-8-9-17(20)18(12-16)22-11-5-4-10-21-14-15-6-2-1-3-7-15/h1-3,6-9,12-13,20H,4-5,10-11,14H2. The Bertz CT molecular complexity index is 581. The second-order valence-electron chi connectivity index (χ2n) is 4.94. The van der Waals surface area contributed by atoms with Gasteiger partial charge in [0.15, 0.2) is 11.5 Å². The van der Waals surface area contributed by atoms with Crippen LogP contribution in [0.5, 0.6) is 11.5 Å². The lowest BCUT2D eigenvalue weighted by molar-refractivity contribution is 0.112. The lowest BCUT2D eigenvalue weighted by atomic mass is 10.2. The first-order chi connectivity index (χ1) is 10.8. The molecule has 4 nitrogen and oxygen atoms in total. The van der Waals surface area contributed by atoms with Crippen LogP contribution in [0.15, 0.2) is 48.5 Å². The normalized spacial score (nSPS) is 10.4. The number of benzene rings is 2. The van der Waals surface area contributed by atoms with Gasteiger partial charge in [-0.2, -0.15) is 0 Å². The van der Waals surface area contributed by atoms with Crippen LogP contribution >= 0.6 is 0 Å². The van der Waals surface area contributed by atoms with Crippen LogP contribution in [0, 0.1) is 0 Å². The number of phenols is 1. The highest BCUT2D eigenvalue weighted by Gasteiger charge is 2.03. The Labute approximate surface area is 130 Å². The van der Waals surface area contributed by atoms with Crippen molar-refractivity contribution < 1.29 is 19.4 Å². The number of unbranched alkanes of at least 4 members (excludes halogenated alkanes) is 1. The van der Waals surface area contributed by atoms with E-state index in [0.29, 0.717) is 31.1 Å². The fraction of sp³-hybridized carbons (Fsp3) is 0.278. The molecule has 0 unspecified atom stereocenters. The molecule has 0 aliphatic rings. The lowest BCUT2D eigenvalue weighted by Crippen LogP contribution is -2.01. The molecule has 22 heavy (non-hydrogen) atoms. The number of phenolic OH excluding ortho intramolecular Hbond substituents is 1. The predicted molar refractivity (Wildman–Crippen MR) is 84.3 cm³/mol. The van der Waals surface area contributed by atoms with Gasteiger partial charge in [-0.1, -0.05) is 30.3 Å². The Kier molecular flexibility index (Phi) is 6.45. The summed E-state index contributed by atoms with van der Waals surface area (Å²) >= 11 is 0. The third-order valence-electron chi connectivity index (χ3n) is 3.17. The Hall–Kier alpha value is -2.33. The smallest absolute Gasteiger partial charge is 0.161 e. The second-order valence-corrected chi connectivity index (χ2v) is 4.94. The van der Waals surface area contributed by atoms with E-state index in [9.17, 15) is 9.90 Å². The molecule has 4 heteroatoms. The van der Waals surface area contributed by atoms with Crippen LogP contribution in [0.25, 0.3) is 0 Å². The third kappa shape index (κ3) is 5.22. The van der Waals surface area contributed by atoms with Crippen molar-refractivity contribution >= 4 is 6.29 Å². The Morgan fingerprint density at radius 3 is 2.55 bits per heavy atom. The fourth-order valence-corrected chi connectivity index (χ4v) is 1.97. The van der Waals surface area contributed by atoms with Crippen molar-refractivity contribution in [1.82, 2.24) is 0 Å². The Balaban J connectivity index is 1.60. The summed E-state index contributed by atoms with van der Waals surface area (Å²) < 4.78 is 11.1. The molecular weight excluding hydrogens is 280 g/mol. The highest BCUT2D eigenvalue weighted by Crippen LogP contribution is 2.26. The van der Waals surface area contributed by atoms with Gasteiger partial charge in [0.2, 0.25) is 0 Å².